The van der Waals surface area contributed by atoms with Gasteiger partial charge in [-0.1, -0.05) is 6.07 Å². The minimum Gasteiger partial charge on any atom is -0.507 e. The monoisotopic (exact) mass is 204 g/mol. The van der Waals surface area contributed by atoms with Crippen LogP contribution < -0.4 is 11.3 Å². The Hall–Kier alpha value is -2.30. The minimum absolute atomic E-state index is 0.0150. The topological polar surface area (TPSA) is 100 Å². The molecule has 2 aromatic rings. The van der Waals surface area contributed by atoms with Crippen molar-refractivity contribution >= 4 is 16.9 Å². The number of benzene rings is 1. The molecular formula is C10H8N2O3. The molecule has 0 radical (unpaired) electrons. The van der Waals surface area contributed by atoms with Crippen LogP contribution in [0.3, 0.4) is 0 Å². The van der Waals surface area contributed by atoms with Crippen molar-refractivity contribution in [2.75, 3.05) is 0 Å². The number of phenolic OH excluding ortho intramolecular Hbond substituents is 1. The number of carbonyl (C=O) groups is 1. The zero-order valence-corrected chi connectivity index (χ0v) is 7.65. The smallest absolute Gasteiger partial charge is 0.254 e. The largest absolute Gasteiger partial charge is 0.507 e. The number of hydrogen-bond donors (Lipinski definition) is 3. The van der Waals surface area contributed by atoms with Crippen LogP contribution in [0.25, 0.3) is 11.0 Å². The number of phenols is 1. The summed E-state index contributed by atoms with van der Waals surface area (Å²) in [7, 11) is 0. The third-order valence-electron chi connectivity index (χ3n) is 2.05. The second kappa shape index (κ2) is 3.13. The van der Waals surface area contributed by atoms with Gasteiger partial charge in [0.15, 0.2) is 0 Å². The molecule has 0 saturated carbocycles. The molecule has 0 aliphatic carbocycles. The van der Waals surface area contributed by atoms with Crippen molar-refractivity contribution < 1.29 is 14.3 Å². The fraction of sp³-hybridized carbons (Fsp3) is 0. The molecule has 2 rings (SSSR count). The number of aromatic hydroxyl groups is 1. The summed E-state index contributed by atoms with van der Waals surface area (Å²) in [5, 5.41) is 17.3. The normalized spacial score (nSPS) is 10.4. The molecule has 0 aliphatic rings. The van der Waals surface area contributed by atoms with Crippen molar-refractivity contribution in [1.82, 2.24) is 0 Å². The maximum Gasteiger partial charge on any atom is 0.254 e. The summed E-state index contributed by atoms with van der Waals surface area (Å²) in [6.45, 7) is 0. The van der Waals surface area contributed by atoms with E-state index in [4.69, 9.17) is 15.6 Å². The predicted octanol–water partition coefficient (Wildman–Crippen LogP) is 0.717. The van der Waals surface area contributed by atoms with Gasteiger partial charge in [-0.2, -0.15) is 0 Å². The summed E-state index contributed by atoms with van der Waals surface area (Å²) in [5.74, 6) is -0.771. The van der Waals surface area contributed by atoms with Crippen LogP contribution in [-0.4, -0.2) is 11.0 Å². The van der Waals surface area contributed by atoms with Crippen molar-refractivity contribution in [3.05, 3.63) is 35.4 Å². The maximum atomic E-state index is 10.9. The lowest BCUT2D eigenvalue weighted by molar-refractivity contribution is 0.0996. The van der Waals surface area contributed by atoms with Crippen LogP contribution in [0.4, 0.5) is 0 Å². The van der Waals surface area contributed by atoms with Gasteiger partial charge in [0, 0.05) is 0 Å². The van der Waals surface area contributed by atoms with Crippen LogP contribution in [0.5, 0.6) is 5.75 Å². The van der Waals surface area contributed by atoms with Crippen molar-refractivity contribution in [1.29, 1.82) is 5.41 Å². The van der Waals surface area contributed by atoms with E-state index in [1.807, 2.05) is 0 Å². The van der Waals surface area contributed by atoms with E-state index in [0.29, 0.717) is 11.0 Å². The highest BCUT2D eigenvalue weighted by Gasteiger charge is 2.09. The van der Waals surface area contributed by atoms with Crippen LogP contribution in [-0.2, 0) is 0 Å². The van der Waals surface area contributed by atoms with Gasteiger partial charge in [0.1, 0.15) is 16.9 Å². The van der Waals surface area contributed by atoms with Crippen molar-refractivity contribution in [2.24, 2.45) is 5.73 Å². The molecule has 0 atom stereocenters. The second-order valence-electron chi connectivity index (χ2n) is 3.04. The van der Waals surface area contributed by atoms with Crippen molar-refractivity contribution in [2.45, 2.75) is 0 Å². The average molecular weight is 204 g/mol. The third kappa shape index (κ3) is 1.43. The van der Waals surface area contributed by atoms with Gasteiger partial charge in [0.05, 0.1) is 5.39 Å². The van der Waals surface area contributed by atoms with Gasteiger partial charge in [-0.05, 0) is 18.2 Å². The molecule has 1 aromatic heterocycles. The predicted molar refractivity (Wildman–Crippen MR) is 52.3 cm³/mol. The quantitative estimate of drug-likeness (QED) is 0.637. The molecule has 5 nitrogen and oxygen atoms in total. The summed E-state index contributed by atoms with van der Waals surface area (Å²) in [6.07, 6.45) is 0. The average Bonchev–Trinajstić information content (AvgIpc) is 2.16. The van der Waals surface area contributed by atoms with Gasteiger partial charge in [-0.3, -0.25) is 10.2 Å². The van der Waals surface area contributed by atoms with Crippen molar-refractivity contribution in [3.8, 4) is 5.75 Å². The highest BCUT2D eigenvalue weighted by atomic mass is 16.3. The molecule has 15 heavy (non-hydrogen) atoms. The van der Waals surface area contributed by atoms with Gasteiger partial charge < -0.3 is 15.3 Å². The van der Waals surface area contributed by atoms with Gasteiger partial charge in [0.25, 0.3) is 5.91 Å². The Morgan fingerprint density at radius 3 is 2.87 bits per heavy atom. The SMILES string of the molecule is N=c1oc2cccc(O)c2cc1C(N)=O. The summed E-state index contributed by atoms with van der Waals surface area (Å²) in [6, 6.07) is 5.99. The molecule has 0 spiro atoms. The zero-order chi connectivity index (χ0) is 11.0. The lowest BCUT2D eigenvalue weighted by Gasteiger charge is -2.01. The van der Waals surface area contributed by atoms with E-state index in [0.717, 1.165) is 0 Å². The molecule has 5 heteroatoms. The van der Waals surface area contributed by atoms with Crippen LogP contribution in [0, 0.1) is 5.41 Å². The number of amides is 1. The number of rotatable bonds is 1. The van der Waals surface area contributed by atoms with Gasteiger partial charge in [-0.15, -0.1) is 0 Å². The van der Waals surface area contributed by atoms with E-state index in [-0.39, 0.29) is 16.9 Å². The first-order valence-electron chi connectivity index (χ1n) is 4.20. The molecule has 0 fully saturated rings. The van der Waals surface area contributed by atoms with Crippen LogP contribution in [0.2, 0.25) is 0 Å². The van der Waals surface area contributed by atoms with E-state index in [2.05, 4.69) is 0 Å². The minimum atomic E-state index is -0.756. The Labute approximate surface area is 84.3 Å². The first-order chi connectivity index (χ1) is 7.09. The summed E-state index contributed by atoms with van der Waals surface area (Å²) < 4.78 is 5.04. The lowest BCUT2D eigenvalue weighted by atomic mass is 10.1. The zero-order valence-electron chi connectivity index (χ0n) is 7.65. The maximum absolute atomic E-state index is 10.9. The fourth-order valence-corrected chi connectivity index (χ4v) is 1.32. The molecule has 0 aliphatic heterocycles. The summed E-state index contributed by atoms with van der Waals surface area (Å²) in [5.41, 5.74) is 5.04. The molecule has 1 aromatic carbocycles. The summed E-state index contributed by atoms with van der Waals surface area (Å²) in [4.78, 5) is 10.9. The Morgan fingerprint density at radius 2 is 2.20 bits per heavy atom. The molecule has 0 bridgehead atoms. The lowest BCUT2D eigenvalue weighted by Crippen LogP contribution is -2.20. The molecule has 4 N–H and O–H groups in total. The number of primary amides is 1. The van der Waals surface area contributed by atoms with E-state index in [9.17, 15) is 9.90 Å². The molecule has 0 saturated heterocycles. The van der Waals surface area contributed by atoms with Crippen LogP contribution >= 0.6 is 0 Å². The highest BCUT2D eigenvalue weighted by molar-refractivity contribution is 5.96. The standard InChI is InChI=1S/C10H8N2O3/c11-9(14)6-4-5-7(13)2-1-3-8(5)15-10(6)12/h1-4,12-13H,(H2,11,14). The molecule has 1 heterocycles. The van der Waals surface area contributed by atoms with Crippen LogP contribution in [0.1, 0.15) is 10.4 Å². The first kappa shape index (κ1) is 9.26. The van der Waals surface area contributed by atoms with E-state index >= 15 is 0 Å². The Morgan fingerprint density at radius 1 is 1.47 bits per heavy atom. The van der Waals surface area contributed by atoms with E-state index < -0.39 is 5.91 Å². The Balaban J connectivity index is 2.90. The number of nitrogens with two attached hydrogens (primary N) is 1. The molecule has 76 valence electrons. The van der Waals surface area contributed by atoms with Gasteiger partial charge in [0.2, 0.25) is 5.55 Å². The Kier molecular flexibility index (Phi) is 1.93. The number of fused-ring (bicyclic) bond motifs is 1. The molecule has 1 amide bonds. The van der Waals surface area contributed by atoms with Crippen molar-refractivity contribution in [3.63, 3.8) is 0 Å². The number of carbonyl (C=O) groups excluding carboxylic acids is 1. The molecular weight excluding hydrogens is 196 g/mol. The Bertz CT molecular complexity index is 601. The number of nitrogens with one attached hydrogen (secondary N) is 1. The summed E-state index contributed by atoms with van der Waals surface area (Å²) >= 11 is 0. The fourth-order valence-electron chi connectivity index (χ4n) is 1.32. The van der Waals surface area contributed by atoms with E-state index in [1.54, 1.807) is 12.1 Å². The highest BCUT2D eigenvalue weighted by Crippen LogP contribution is 2.23. The van der Waals surface area contributed by atoms with Gasteiger partial charge in [-0.25, -0.2) is 0 Å². The first-order valence-corrected chi connectivity index (χ1v) is 4.20. The van der Waals surface area contributed by atoms with E-state index in [1.165, 1.54) is 12.1 Å². The van der Waals surface area contributed by atoms with Gasteiger partial charge >= 0.3 is 0 Å². The molecule has 0 unspecified atom stereocenters. The second-order valence-corrected chi connectivity index (χ2v) is 3.04. The third-order valence-corrected chi connectivity index (χ3v) is 2.05. The van der Waals surface area contributed by atoms with Crippen LogP contribution in [0.15, 0.2) is 28.7 Å². The number of hydrogen-bond acceptors (Lipinski definition) is 4.